The van der Waals surface area contributed by atoms with Crippen molar-refractivity contribution >= 4 is 23.6 Å². The lowest BCUT2D eigenvalue weighted by molar-refractivity contribution is -0.118. The van der Waals surface area contributed by atoms with E-state index < -0.39 is 5.91 Å². The van der Waals surface area contributed by atoms with E-state index in [-0.39, 0.29) is 5.91 Å². The van der Waals surface area contributed by atoms with Crippen molar-refractivity contribution in [2.45, 2.75) is 30.9 Å². The Labute approximate surface area is 135 Å². The molecule has 116 valence electrons. The van der Waals surface area contributed by atoms with Gasteiger partial charge in [0.05, 0.1) is 12.3 Å². The van der Waals surface area contributed by atoms with Gasteiger partial charge in [0, 0.05) is 16.4 Å². The summed E-state index contributed by atoms with van der Waals surface area (Å²) in [4.78, 5) is 22.6. The van der Waals surface area contributed by atoms with Crippen molar-refractivity contribution in [3.8, 4) is 11.8 Å². The molecule has 0 radical (unpaired) electrons. The summed E-state index contributed by atoms with van der Waals surface area (Å²) in [6.45, 7) is 0.335. The Kier molecular flexibility index (Phi) is 6.35. The number of rotatable bonds is 5. The molecule has 0 unspecified atom stereocenters. The van der Waals surface area contributed by atoms with E-state index in [0.29, 0.717) is 23.1 Å². The summed E-state index contributed by atoms with van der Waals surface area (Å²) in [5, 5.41) is 3.45. The highest BCUT2D eigenvalue weighted by atomic mass is 32.2. The van der Waals surface area contributed by atoms with Crippen LogP contribution in [0.25, 0.3) is 0 Å². The molecule has 1 aromatic carbocycles. The van der Waals surface area contributed by atoms with Crippen LogP contribution >= 0.6 is 11.8 Å². The van der Waals surface area contributed by atoms with Crippen LogP contribution in [-0.2, 0) is 4.79 Å². The molecule has 0 aliphatic heterocycles. The number of carbonyl (C=O) groups excluding carboxylic acids is 2. The van der Waals surface area contributed by atoms with Crippen LogP contribution in [-0.4, -0.2) is 29.4 Å². The molecule has 1 fully saturated rings. The fourth-order valence-electron chi connectivity index (χ4n) is 2.31. The Bertz CT molecular complexity index is 581. The first-order chi connectivity index (χ1) is 10.6. The van der Waals surface area contributed by atoms with Crippen LogP contribution in [0.5, 0.6) is 0 Å². The summed E-state index contributed by atoms with van der Waals surface area (Å²) >= 11 is 1.75. The standard InChI is InChI=1S/C17H20N2O2S/c18-17(21)14-9-7-13(8-10-14)4-3-11-19-16(20)12-22-15-5-1-2-6-15/h7-10,15H,1-2,5-6,11-12H2,(H2,18,21)(H,19,20). The van der Waals surface area contributed by atoms with Crippen LogP contribution in [0.15, 0.2) is 24.3 Å². The fraction of sp³-hybridized carbons (Fsp3) is 0.412. The predicted molar refractivity (Wildman–Crippen MR) is 89.6 cm³/mol. The molecule has 0 saturated heterocycles. The van der Waals surface area contributed by atoms with Crippen LogP contribution in [0.2, 0.25) is 0 Å². The van der Waals surface area contributed by atoms with Gasteiger partial charge in [-0.15, -0.1) is 11.8 Å². The number of nitrogens with two attached hydrogens (primary N) is 1. The molecule has 1 aliphatic carbocycles. The van der Waals surface area contributed by atoms with Crippen LogP contribution in [0, 0.1) is 11.8 Å². The summed E-state index contributed by atoms with van der Waals surface area (Å²) in [7, 11) is 0. The third-order valence-corrected chi connectivity index (χ3v) is 4.90. The Hall–Kier alpha value is -1.93. The third-order valence-electron chi connectivity index (χ3n) is 3.53. The van der Waals surface area contributed by atoms with Crippen molar-refractivity contribution in [1.82, 2.24) is 5.32 Å². The van der Waals surface area contributed by atoms with Gasteiger partial charge in [-0.1, -0.05) is 24.7 Å². The summed E-state index contributed by atoms with van der Waals surface area (Å²) < 4.78 is 0. The smallest absolute Gasteiger partial charge is 0.248 e. The summed E-state index contributed by atoms with van der Waals surface area (Å²) in [6.07, 6.45) is 5.05. The fourth-order valence-corrected chi connectivity index (χ4v) is 3.46. The highest BCUT2D eigenvalue weighted by molar-refractivity contribution is 8.00. The van der Waals surface area contributed by atoms with E-state index in [1.165, 1.54) is 25.7 Å². The summed E-state index contributed by atoms with van der Waals surface area (Å²) in [6, 6.07) is 6.77. The normalized spacial score (nSPS) is 14.2. The van der Waals surface area contributed by atoms with Gasteiger partial charge < -0.3 is 11.1 Å². The van der Waals surface area contributed by atoms with Gasteiger partial charge in [0.1, 0.15) is 0 Å². The van der Waals surface area contributed by atoms with E-state index >= 15 is 0 Å². The van der Waals surface area contributed by atoms with Crippen molar-refractivity contribution < 1.29 is 9.59 Å². The number of benzene rings is 1. The Balaban J connectivity index is 1.69. The third kappa shape index (κ3) is 5.45. The maximum absolute atomic E-state index is 11.7. The molecule has 0 atom stereocenters. The molecule has 4 nitrogen and oxygen atoms in total. The van der Waals surface area contributed by atoms with Gasteiger partial charge in [-0.2, -0.15) is 0 Å². The zero-order valence-corrected chi connectivity index (χ0v) is 13.2. The second kappa shape index (κ2) is 8.50. The first kappa shape index (κ1) is 16.4. The van der Waals surface area contributed by atoms with E-state index in [1.54, 1.807) is 36.0 Å². The second-order valence-corrected chi connectivity index (χ2v) is 6.53. The van der Waals surface area contributed by atoms with Gasteiger partial charge in [0.15, 0.2) is 0 Å². The Morgan fingerprint density at radius 2 is 1.91 bits per heavy atom. The molecule has 3 N–H and O–H groups in total. The van der Waals surface area contributed by atoms with Gasteiger partial charge >= 0.3 is 0 Å². The molecule has 1 aromatic rings. The largest absolute Gasteiger partial charge is 0.366 e. The number of amides is 2. The topological polar surface area (TPSA) is 72.2 Å². The molecular weight excluding hydrogens is 296 g/mol. The average Bonchev–Trinajstić information content (AvgIpc) is 3.03. The maximum Gasteiger partial charge on any atom is 0.248 e. The molecule has 22 heavy (non-hydrogen) atoms. The molecule has 0 spiro atoms. The van der Waals surface area contributed by atoms with Gasteiger partial charge in [0.25, 0.3) is 0 Å². The van der Waals surface area contributed by atoms with Crippen LogP contribution < -0.4 is 11.1 Å². The number of hydrogen-bond donors (Lipinski definition) is 2. The number of nitrogens with one attached hydrogen (secondary N) is 1. The molecule has 2 rings (SSSR count). The zero-order valence-electron chi connectivity index (χ0n) is 12.4. The van der Waals surface area contributed by atoms with Gasteiger partial charge in [-0.25, -0.2) is 0 Å². The Morgan fingerprint density at radius 3 is 2.55 bits per heavy atom. The van der Waals surface area contributed by atoms with Crippen LogP contribution in [0.3, 0.4) is 0 Å². The molecule has 0 aromatic heterocycles. The van der Waals surface area contributed by atoms with E-state index in [4.69, 9.17) is 5.73 Å². The molecule has 5 heteroatoms. The first-order valence-electron chi connectivity index (χ1n) is 7.42. The van der Waals surface area contributed by atoms with Crippen molar-refractivity contribution in [1.29, 1.82) is 0 Å². The summed E-state index contributed by atoms with van der Waals surface area (Å²) in [5.41, 5.74) is 6.42. The quantitative estimate of drug-likeness (QED) is 0.815. The SMILES string of the molecule is NC(=O)c1ccc(C#CCNC(=O)CSC2CCCC2)cc1. The number of primary amides is 1. The van der Waals surface area contributed by atoms with Gasteiger partial charge in [-0.3, -0.25) is 9.59 Å². The molecule has 0 bridgehead atoms. The molecule has 2 amide bonds. The highest BCUT2D eigenvalue weighted by Crippen LogP contribution is 2.28. The molecule has 0 heterocycles. The Morgan fingerprint density at radius 1 is 1.23 bits per heavy atom. The van der Waals surface area contributed by atoms with Crippen LogP contribution in [0.1, 0.15) is 41.6 Å². The van der Waals surface area contributed by atoms with Crippen molar-refractivity contribution in [3.05, 3.63) is 35.4 Å². The molecular formula is C17H20N2O2S. The van der Waals surface area contributed by atoms with E-state index in [9.17, 15) is 9.59 Å². The molecule has 1 saturated carbocycles. The monoisotopic (exact) mass is 316 g/mol. The summed E-state index contributed by atoms with van der Waals surface area (Å²) in [5.74, 6) is 5.94. The van der Waals surface area contributed by atoms with Crippen LogP contribution in [0.4, 0.5) is 0 Å². The van der Waals surface area contributed by atoms with E-state index in [2.05, 4.69) is 17.2 Å². The first-order valence-corrected chi connectivity index (χ1v) is 8.47. The number of carbonyl (C=O) groups is 2. The number of hydrogen-bond acceptors (Lipinski definition) is 3. The minimum atomic E-state index is -0.452. The zero-order chi connectivity index (χ0) is 15.8. The number of thioether (sulfide) groups is 1. The second-order valence-electron chi connectivity index (χ2n) is 5.24. The van der Waals surface area contributed by atoms with Crippen molar-refractivity contribution in [3.63, 3.8) is 0 Å². The lowest BCUT2D eigenvalue weighted by atomic mass is 10.1. The highest BCUT2D eigenvalue weighted by Gasteiger charge is 2.16. The maximum atomic E-state index is 11.7. The lowest BCUT2D eigenvalue weighted by Crippen LogP contribution is -2.26. The van der Waals surface area contributed by atoms with Crippen molar-refractivity contribution in [2.24, 2.45) is 5.73 Å². The van der Waals surface area contributed by atoms with E-state index in [0.717, 1.165) is 5.56 Å². The minimum absolute atomic E-state index is 0.0373. The van der Waals surface area contributed by atoms with Gasteiger partial charge in [-0.05, 0) is 37.1 Å². The van der Waals surface area contributed by atoms with E-state index in [1.807, 2.05) is 0 Å². The predicted octanol–water partition coefficient (Wildman–Crippen LogP) is 1.93. The van der Waals surface area contributed by atoms with Gasteiger partial charge in [0.2, 0.25) is 11.8 Å². The minimum Gasteiger partial charge on any atom is -0.366 e. The molecule has 1 aliphatic rings. The average molecular weight is 316 g/mol. The lowest BCUT2D eigenvalue weighted by Gasteiger charge is -2.07. The van der Waals surface area contributed by atoms with Crippen molar-refractivity contribution in [2.75, 3.05) is 12.3 Å².